The van der Waals surface area contributed by atoms with Crippen LogP contribution in [0.4, 0.5) is 5.69 Å². The molecule has 2 aliphatic rings. The van der Waals surface area contributed by atoms with Gasteiger partial charge in [-0.1, -0.05) is 23.4 Å². The molecule has 1 aromatic heterocycles. The van der Waals surface area contributed by atoms with Crippen LogP contribution >= 0.6 is 0 Å². The van der Waals surface area contributed by atoms with Gasteiger partial charge in [-0.05, 0) is 37.3 Å². The molecule has 4 rings (SSSR count). The second-order valence-corrected chi connectivity index (χ2v) is 6.09. The van der Waals surface area contributed by atoms with Gasteiger partial charge in [-0.25, -0.2) is 0 Å². The first-order valence-corrected chi connectivity index (χ1v) is 7.89. The Morgan fingerprint density at radius 1 is 1.29 bits per heavy atom. The van der Waals surface area contributed by atoms with Gasteiger partial charge in [-0.15, -0.1) is 0 Å². The minimum absolute atomic E-state index is 0.708. The highest BCUT2D eigenvalue weighted by atomic mass is 16.5. The lowest BCUT2D eigenvalue weighted by Gasteiger charge is -2.30. The number of anilines is 1. The van der Waals surface area contributed by atoms with Crippen LogP contribution in [0.5, 0.6) is 0 Å². The summed E-state index contributed by atoms with van der Waals surface area (Å²) >= 11 is 0. The predicted octanol–water partition coefficient (Wildman–Crippen LogP) is 2.88. The number of fused-ring (bicyclic) bond motifs is 1. The molecule has 1 fully saturated rings. The minimum atomic E-state index is 0.708. The Morgan fingerprint density at radius 2 is 2.19 bits per heavy atom. The molecular weight excluding hydrogens is 262 g/mol. The number of hydrogen-bond donors (Lipinski definition) is 1. The van der Waals surface area contributed by atoms with Gasteiger partial charge in [0.25, 0.3) is 0 Å². The fourth-order valence-corrected chi connectivity index (χ4v) is 3.01. The summed E-state index contributed by atoms with van der Waals surface area (Å²) in [6.07, 6.45) is 4.99. The molecular formula is C17H21N3O. The van der Waals surface area contributed by atoms with Gasteiger partial charge in [0.2, 0.25) is 0 Å². The summed E-state index contributed by atoms with van der Waals surface area (Å²) < 4.78 is 5.50. The maximum Gasteiger partial charge on any atom is 0.156 e. The maximum atomic E-state index is 5.50. The van der Waals surface area contributed by atoms with E-state index in [0.29, 0.717) is 6.04 Å². The number of nitrogens with zero attached hydrogens (tertiary/aromatic N) is 2. The van der Waals surface area contributed by atoms with Gasteiger partial charge < -0.3 is 14.7 Å². The molecule has 1 aliphatic carbocycles. The first kappa shape index (κ1) is 12.9. The number of aryl methyl sites for hydroxylation is 1. The monoisotopic (exact) mass is 283 g/mol. The van der Waals surface area contributed by atoms with E-state index < -0.39 is 0 Å². The second-order valence-electron chi connectivity index (χ2n) is 6.09. The molecule has 1 N–H and O–H groups in total. The van der Waals surface area contributed by atoms with Crippen LogP contribution in [-0.4, -0.2) is 17.7 Å². The van der Waals surface area contributed by atoms with Gasteiger partial charge in [0.15, 0.2) is 5.76 Å². The average molecular weight is 283 g/mol. The second kappa shape index (κ2) is 5.53. The van der Waals surface area contributed by atoms with Gasteiger partial charge in [-0.3, -0.25) is 0 Å². The first-order valence-electron chi connectivity index (χ1n) is 7.89. The number of nitrogens with one attached hydrogen (secondary N) is 1. The molecule has 0 atom stereocenters. The molecule has 2 heterocycles. The molecule has 4 heteroatoms. The summed E-state index contributed by atoms with van der Waals surface area (Å²) in [6.45, 7) is 2.73. The lowest BCUT2D eigenvalue weighted by atomic mass is 10.0. The van der Waals surface area contributed by atoms with Crippen LogP contribution < -0.4 is 10.2 Å². The Kier molecular flexibility index (Phi) is 3.39. The number of hydrogen-bond acceptors (Lipinski definition) is 4. The zero-order valence-corrected chi connectivity index (χ0v) is 12.2. The molecule has 1 aliphatic heterocycles. The molecule has 1 saturated carbocycles. The lowest BCUT2D eigenvalue weighted by molar-refractivity contribution is 0.372. The minimum Gasteiger partial charge on any atom is -0.364 e. The summed E-state index contributed by atoms with van der Waals surface area (Å²) in [6, 6.07) is 11.5. The van der Waals surface area contributed by atoms with E-state index in [-0.39, 0.29) is 0 Å². The zero-order chi connectivity index (χ0) is 14.1. The fraction of sp³-hybridized carbons (Fsp3) is 0.471. The molecule has 4 nitrogen and oxygen atoms in total. The quantitative estimate of drug-likeness (QED) is 0.916. The van der Waals surface area contributed by atoms with Crippen LogP contribution in [-0.2, 0) is 19.5 Å². The highest BCUT2D eigenvalue weighted by molar-refractivity contribution is 5.55. The summed E-state index contributed by atoms with van der Waals surface area (Å²) in [7, 11) is 0. The third kappa shape index (κ3) is 2.95. The van der Waals surface area contributed by atoms with E-state index in [4.69, 9.17) is 4.52 Å². The van der Waals surface area contributed by atoms with Crippen LogP contribution in [0.25, 0.3) is 0 Å². The van der Waals surface area contributed by atoms with E-state index in [1.54, 1.807) is 0 Å². The standard InChI is InChI=1S/C17H21N3O/c1-2-6-17-13(4-1)5-3-9-20(17)12-16-10-15(19-21-16)11-18-14-7-8-14/h1-2,4,6,10,14,18H,3,5,7-9,11-12H2. The van der Waals surface area contributed by atoms with Crippen molar-refractivity contribution in [3.8, 4) is 0 Å². The van der Waals surface area contributed by atoms with Gasteiger partial charge >= 0.3 is 0 Å². The van der Waals surface area contributed by atoms with Crippen LogP contribution in [0, 0.1) is 0 Å². The van der Waals surface area contributed by atoms with Gasteiger partial charge in [0, 0.05) is 30.9 Å². The molecule has 0 spiro atoms. The maximum absolute atomic E-state index is 5.50. The van der Waals surface area contributed by atoms with Crippen molar-refractivity contribution in [2.45, 2.75) is 44.8 Å². The van der Waals surface area contributed by atoms with Crippen molar-refractivity contribution in [2.75, 3.05) is 11.4 Å². The van der Waals surface area contributed by atoms with Crippen LogP contribution in [0.1, 0.15) is 36.3 Å². The third-order valence-corrected chi connectivity index (χ3v) is 4.31. The molecule has 0 amide bonds. The third-order valence-electron chi connectivity index (χ3n) is 4.31. The highest BCUT2D eigenvalue weighted by Crippen LogP contribution is 2.28. The average Bonchev–Trinajstić information content (AvgIpc) is 3.25. The Bertz CT molecular complexity index is 618. The van der Waals surface area contributed by atoms with Crippen LogP contribution in [0.3, 0.4) is 0 Å². The van der Waals surface area contributed by atoms with E-state index in [1.807, 2.05) is 0 Å². The molecule has 2 aromatic rings. The highest BCUT2D eigenvalue weighted by Gasteiger charge is 2.21. The molecule has 0 saturated heterocycles. The summed E-state index contributed by atoms with van der Waals surface area (Å²) in [4.78, 5) is 2.40. The Morgan fingerprint density at radius 3 is 3.10 bits per heavy atom. The molecule has 110 valence electrons. The summed E-state index contributed by atoms with van der Waals surface area (Å²) in [5, 5.41) is 7.64. The Labute approximate surface area is 125 Å². The molecule has 1 aromatic carbocycles. The van der Waals surface area contributed by atoms with E-state index in [2.05, 4.69) is 45.7 Å². The van der Waals surface area contributed by atoms with Crippen molar-refractivity contribution < 1.29 is 4.52 Å². The lowest BCUT2D eigenvalue weighted by Crippen LogP contribution is -2.28. The molecule has 21 heavy (non-hydrogen) atoms. The summed E-state index contributed by atoms with van der Waals surface area (Å²) in [5.74, 6) is 0.958. The van der Waals surface area contributed by atoms with Crippen LogP contribution in [0.15, 0.2) is 34.9 Å². The van der Waals surface area contributed by atoms with E-state index in [1.165, 1.54) is 36.9 Å². The van der Waals surface area contributed by atoms with E-state index in [9.17, 15) is 0 Å². The molecule has 0 bridgehead atoms. The van der Waals surface area contributed by atoms with Crippen molar-refractivity contribution in [2.24, 2.45) is 0 Å². The fourth-order valence-electron chi connectivity index (χ4n) is 3.01. The van der Waals surface area contributed by atoms with Crippen molar-refractivity contribution >= 4 is 5.69 Å². The van der Waals surface area contributed by atoms with Crippen molar-refractivity contribution in [1.82, 2.24) is 10.5 Å². The predicted molar refractivity (Wildman–Crippen MR) is 82.2 cm³/mol. The van der Waals surface area contributed by atoms with Crippen LogP contribution in [0.2, 0.25) is 0 Å². The topological polar surface area (TPSA) is 41.3 Å². The zero-order valence-electron chi connectivity index (χ0n) is 12.2. The number of rotatable bonds is 5. The SMILES string of the molecule is c1ccc2c(c1)CCCN2Cc1cc(CNC2CC2)no1. The van der Waals surface area contributed by atoms with Crippen molar-refractivity contribution in [3.63, 3.8) is 0 Å². The summed E-state index contributed by atoms with van der Waals surface area (Å²) in [5.41, 5.74) is 3.80. The normalized spacial score (nSPS) is 17.8. The smallest absolute Gasteiger partial charge is 0.156 e. The van der Waals surface area contributed by atoms with E-state index in [0.717, 1.165) is 31.1 Å². The molecule has 0 radical (unpaired) electrons. The van der Waals surface area contributed by atoms with E-state index >= 15 is 0 Å². The van der Waals surface area contributed by atoms with Crippen molar-refractivity contribution in [1.29, 1.82) is 0 Å². The van der Waals surface area contributed by atoms with Gasteiger partial charge in [-0.2, -0.15) is 0 Å². The molecule has 0 unspecified atom stereocenters. The Hall–Kier alpha value is -1.81. The van der Waals surface area contributed by atoms with Gasteiger partial charge in [0.1, 0.15) is 0 Å². The largest absolute Gasteiger partial charge is 0.364 e. The van der Waals surface area contributed by atoms with Crippen molar-refractivity contribution in [3.05, 3.63) is 47.3 Å². The number of aromatic nitrogens is 1. The number of benzene rings is 1. The Balaban J connectivity index is 1.44. The number of para-hydroxylation sites is 1. The van der Waals surface area contributed by atoms with Gasteiger partial charge in [0.05, 0.1) is 12.2 Å². The first-order chi connectivity index (χ1) is 10.4.